The molecule has 0 bridgehead atoms. The Morgan fingerprint density at radius 1 is 1.36 bits per heavy atom. The van der Waals surface area contributed by atoms with Crippen LogP contribution in [0.15, 0.2) is 23.1 Å². The first-order valence-corrected chi connectivity index (χ1v) is 7.55. The molecule has 0 aliphatic carbocycles. The first-order chi connectivity index (χ1) is 10.3. The molecule has 0 aliphatic rings. The maximum absolute atomic E-state index is 11.8. The number of nitrogens with zero attached hydrogens (tertiary/aromatic N) is 1. The zero-order chi connectivity index (χ0) is 16.7. The van der Waals surface area contributed by atoms with Gasteiger partial charge >= 0.3 is 5.97 Å². The van der Waals surface area contributed by atoms with Crippen molar-refractivity contribution >= 4 is 23.5 Å². The number of carbonyl (C=O) groups is 2. The predicted molar refractivity (Wildman–Crippen MR) is 84.0 cm³/mol. The maximum Gasteiger partial charge on any atom is 0.326 e. The molecule has 0 radical (unpaired) electrons. The zero-order valence-electron chi connectivity index (χ0n) is 12.7. The lowest BCUT2D eigenvalue weighted by molar-refractivity contribution is -0.142. The van der Waals surface area contributed by atoms with Gasteiger partial charge in [-0.2, -0.15) is 0 Å². The number of halogens is 1. The largest absolute Gasteiger partial charge is 0.480 e. The highest BCUT2D eigenvalue weighted by molar-refractivity contribution is 6.30. The van der Waals surface area contributed by atoms with Crippen LogP contribution in [0.4, 0.5) is 0 Å². The Hall–Kier alpha value is -1.82. The number of nitrogens with one attached hydrogen (secondary N) is 1. The molecule has 1 aromatic rings. The van der Waals surface area contributed by atoms with E-state index in [1.165, 1.54) is 22.9 Å². The van der Waals surface area contributed by atoms with Crippen molar-refractivity contribution < 1.29 is 14.7 Å². The summed E-state index contributed by atoms with van der Waals surface area (Å²) in [6, 6.07) is 2.00. The van der Waals surface area contributed by atoms with Gasteiger partial charge in [-0.25, -0.2) is 4.79 Å². The van der Waals surface area contributed by atoms with Crippen molar-refractivity contribution in [2.45, 2.75) is 45.7 Å². The van der Waals surface area contributed by atoms with Crippen LogP contribution in [-0.4, -0.2) is 27.6 Å². The predicted octanol–water partition coefficient (Wildman–Crippen LogP) is 1.90. The SMILES string of the molecule is CC(C)CC(NC(=O)CCCn1cc(Cl)ccc1=O)C(=O)O. The van der Waals surface area contributed by atoms with Crippen LogP contribution in [0.25, 0.3) is 0 Å². The number of rotatable bonds is 8. The van der Waals surface area contributed by atoms with Crippen molar-refractivity contribution in [2.75, 3.05) is 0 Å². The summed E-state index contributed by atoms with van der Waals surface area (Å²) in [5.41, 5.74) is -0.187. The van der Waals surface area contributed by atoms with Crippen molar-refractivity contribution in [1.82, 2.24) is 9.88 Å². The summed E-state index contributed by atoms with van der Waals surface area (Å²) < 4.78 is 1.43. The van der Waals surface area contributed by atoms with Gasteiger partial charge in [0.15, 0.2) is 0 Å². The Morgan fingerprint density at radius 3 is 2.64 bits per heavy atom. The summed E-state index contributed by atoms with van der Waals surface area (Å²) in [4.78, 5) is 34.4. The number of aliphatic carboxylic acids is 1. The number of amides is 1. The first kappa shape index (κ1) is 18.2. The van der Waals surface area contributed by atoms with Crippen LogP contribution >= 0.6 is 11.6 Å². The number of aromatic nitrogens is 1. The normalized spacial score (nSPS) is 12.2. The molecule has 0 aromatic carbocycles. The minimum atomic E-state index is -1.03. The molecule has 122 valence electrons. The summed E-state index contributed by atoms with van der Waals surface area (Å²) in [5, 5.41) is 12.0. The van der Waals surface area contributed by atoms with Crippen LogP contribution in [0.5, 0.6) is 0 Å². The van der Waals surface area contributed by atoms with Gasteiger partial charge < -0.3 is 15.0 Å². The summed E-state index contributed by atoms with van der Waals surface area (Å²) in [6.07, 6.45) is 2.48. The van der Waals surface area contributed by atoms with Gasteiger partial charge in [0.2, 0.25) is 5.91 Å². The number of carboxylic acids is 1. The number of hydrogen-bond donors (Lipinski definition) is 2. The molecule has 1 heterocycles. The Bertz CT molecular complexity index is 583. The van der Waals surface area contributed by atoms with Gasteiger partial charge in [-0.1, -0.05) is 25.4 Å². The van der Waals surface area contributed by atoms with Gasteiger partial charge in [0.1, 0.15) is 6.04 Å². The van der Waals surface area contributed by atoms with Gasteiger partial charge in [0.05, 0.1) is 5.02 Å². The molecule has 6 nitrogen and oxygen atoms in total. The summed E-state index contributed by atoms with van der Waals surface area (Å²) >= 11 is 5.81. The fraction of sp³-hybridized carbons (Fsp3) is 0.533. The van der Waals surface area contributed by atoms with E-state index in [4.69, 9.17) is 16.7 Å². The molecular weight excluding hydrogens is 308 g/mol. The molecule has 1 rings (SSSR count). The van der Waals surface area contributed by atoms with E-state index in [1.54, 1.807) is 0 Å². The molecule has 0 fully saturated rings. The average molecular weight is 329 g/mol. The minimum Gasteiger partial charge on any atom is -0.480 e. The van der Waals surface area contributed by atoms with Crippen LogP contribution in [0.1, 0.15) is 33.1 Å². The standard InChI is InChI=1S/C15H21ClN2O4/c1-10(2)8-12(15(21)22)17-13(19)4-3-7-18-9-11(16)5-6-14(18)20/h5-6,9-10,12H,3-4,7-8H2,1-2H3,(H,17,19)(H,21,22). The molecule has 2 N–H and O–H groups in total. The molecule has 7 heteroatoms. The smallest absolute Gasteiger partial charge is 0.326 e. The van der Waals surface area contributed by atoms with E-state index in [9.17, 15) is 14.4 Å². The number of carboxylic acid groups (broad SMARTS) is 1. The molecule has 1 unspecified atom stereocenters. The summed E-state index contributed by atoms with van der Waals surface area (Å²) in [6.45, 7) is 4.15. The lowest BCUT2D eigenvalue weighted by atomic mass is 10.0. The topological polar surface area (TPSA) is 88.4 Å². The number of hydrogen-bond acceptors (Lipinski definition) is 3. The van der Waals surface area contributed by atoms with Crippen LogP contribution in [0.3, 0.4) is 0 Å². The van der Waals surface area contributed by atoms with Crippen molar-refractivity contribution in [3.63, 3.8) is 0 Å². The Kier molecular flexibility index (Phi) is 7.11. The second-order valence-electron chi connectivity index (χ2n) is 5.57. The molecule has 1 atom stereocenters. The zero-order valence-corrected chi connectivity index (χ0v) is 13.5. The molecule has 1 aromatic heterocycles. The summed E-state index contributed by atoms with van der Waals surface area (Å²) in [7, 11) is 0. The molecule has 0 saturated carbocycles. The first-order valence-electron chi connectivity index (χ1n) is 7.17. The molecule has 1 amide bonds. The molecular formula is C15H21ClN2O4. The van der Waals surface area contributed by atoms with Crippen molar-refractivity contribution in [1.29, 1.82) is 0 Å². The minimum absolute atomic E-state index is 0.154. The second kappa shape index (κ2) is 8.58. The Balaban J connectivity index is 2.47. The molecule has 0 aliphatic heterocycles. The highest BCUT2D eigenvalue weighted by Gasteiger charge is 2.20. The van der Waals surface area contributed by atoms with E-state index < -0.39 is 12.0 Å². The van der Waals surface area contributed by atoms with Crippen LogP contribution in [0.2, 0.25) is 5.02 Å². The highest BCUT2D eigenvalue weighted by Crippen LogP contribution is 2.06. The van der Waals surface area contributed by atoms with Crippen molar-refractivity contribution in [2.24, 2.45) is 5.92 Å². The van der Waals surface area contributed by atoms with Gasteiger partial charge in [0.25, 0.3) is 5.56 Å². The lowest BCUT2D eigenvalue weighted by Crippen LogP contribution is -2.41. The van der Waals surface area contributed by atoms with E-state index in [1.807, 2.05) is 13.8 Å². The number of pyridine rings is 1. The van der Waals surface area contributed by atoms with Gasteiger partial charge in [-0.15, -0.1) is 0 Å². The third-order valence-corrected chi connectivity index (χ3v) is 3.31. The van der Waals surface area contributed by atoms with E-state index >= 15 is 0 Å². The second-order valence-corrected chi connectivity index (χ2v) is 6.01. The van der Waals surface area contributed by atoms with Gasteiger partial charge in [-0.3, -0.25) is 9.59 Å². The molecule has 22 heavy (non-hydrogen) atoms. The third-order valence-electron chi connectivity index (χ3n) is 3.09. The Labute approximate surface area is 134 Å². The maximum atomic E-state index is 11.8. The van der Waals surface area contributed by atoms with E-state index in [0.717, 1.165) is 0 Å². The summed E-state index contributed by atoms with van der Waals surface area (Å²) in [5.74, 6) is -1.19. The van der Waals surface area contributed by atoms with E-state index in [-0.39, 0.29) is 23.8 Å². The van der Waals surface area contributed by atoms with E-state index in [2.05, 4.69) is 5.32 Å². The fourth-order valence-electron chi connectivity index (χ4n) is 2.05. The third kappa shape index (κ3) is 6.30. The highest BCUT2D eigenvalue weighted by atomic mass is 35.5. The van der Waals surface area contributed by atoms with Crippen LogP contribution < -0.4 is 10.9 Å². The number of carbonyl (C=O) groups excluding carboxylic acids is 1. The lowest BCUT2D eigenvalue weighted by Gasteiger charge is -2.16. The Morgan fingerprint density at radius 2 is 2.05 bits per heavy atom. The molecule has 0 spiro atoms. The van der Waals surface area contributed by atoms with Crippen molar-refractivity contribution in [3.8, 4) is 0 Å². The quantitative estimate of drug-likeness (QED) is 0.762. The molecule has 0 saturated heterocycles. The van der Waals surface area contributed by atoms with Crippen molar-refractivity contribution in [3.05, 3.63) is 33.7 Å². The van der Waals surface area contributed by atoms with Crippen LogP contribution in [0, 0.1) is 5.92 Å². The monoisotopic (exact) mass is 328 g/mol. The average Bonchev–Trinajstić information content (AvgIpc) is 2.41. The van der Waals surface area contributed by atoms with Crippen LogP contribution in [-0.2, 0) is 16.1 Å². The van der Waals surface area contributed by atoms with E-state index in [0.29, 0.717) is 24.4 Å². The fourth-order valence-corrected chi connectivity index (χ4v) is 2.23. The van der Waals surface area contributed by atoms with Gasteiger partial charge in [-0.05, 0) is 24.8 Å². The number of aryl methyl sites for hydroxylation is 1. The van der Waals surface area contributed by atoms with Gasteiger partial charge in [0, 0.05) is 25.2 Å².